The van der Waals surface area contributed by atoms with Crippen LogP contribution in [0.3, 0.4) is 0 Å². The first kappa shape index (κ1) is 21.1. The van der Waals surface area contributed by atoms with Crippen LogP contribution in [0.1, 0.15) is 33.6 Å². The summed E-state index contributed by atoms with van der Waals surface area (Å²) >= 11 is 4.71. The van der Waals surface area contributed by atoms with E-state index < -0.39 is 0 Å². The smallest absolute Gasteiger partial charge is 0.253 e. The predicted molar refractivity (Wildman–Crippen MR) is 131 cm³/mol. The van der Waals surface area contributed by atoms with Crippen LogP contribution in [0.2, 0.25) is 0 Å². The minimum Gasteiger partial charge on any atom is -0.274 e. The number of carbonyl (C=O) groups excluding carboxylic acids is 1. The number of hydrogen-bond acceptors (Lipinski definition) is 7. The minimum atomic E-state index is -0.0584. The van der Waals surface area contributed by atoms with Gasteiger partial charge in [0.2, 0.25) is 0 Å². The Morgan fingerprint density at radius 2 is 1.84 bits per heavy atom. The van der Waals surface area contributed by atoms with E-state index in [0.29, 0.717) is 5.16 Å². The Kier molecular flexibility index (Phi) is 5.95. The Morgan fingerprint density at radius 1 is 1.06 bits per heavy atom. The summed E-state index contributed by atoms with van der Waals surface area (Å²) in [6, 6.07) is 16.3. The monoisotopic (exact) mass is 479 g/mol. The Hall–Kier alpha value is -2.75. The van der Waals surface area contributed by atoms with Gasteiger partial charge in [-0.2, -0.15) is 5.10 Å². The van der Waals surface area contributed by atoms with E-state index in [1.165, 1.54) is 17.3 Å². The highest BCUT2D eigenvalue weighted by molar-refractivity contribution is 7.99. The zero-order valence-corrected chi connectivity index (χ0v) is 20.1. The van der Waals surface area contributed by atoms with Crippen molar-refractivity contribution in [2.45, 2.75) is 31.5 Å². The van der Waals surface area contributed by atoms with Gasteiger partial charge in [0.25, 0.3) is 5.91 Å². The standard InChI is InChI=1S/C23H21N5OS3/c1-15-7-9-17(10-8-15)27-16(2)24-25-23(27)32-14-22(29)28-19(21-6-4-12-31-21)13-18(26-28)20-5-3-11-30-20/h3-12,19H,13-14H2,1-2H3. The van der Waals surface area contributed by atoms with E-state index in [9.17, 15) is 4.79 Å². The van der Waals surface area contributed by atoms with E-state index in [0.717, 1.165) is 33.4 Å². The number of aromatic nitrogens is 3. The lowest BCUT2D eigenvalue weighted by Gasteiger charge is -2.20. The lowest BCUT2D eigenvalue weighted by molar-refractivity contribution is -0.130. The summed E-state index contributed by atoms with van der Waals surface area (Å²) < 4.78 is 1.98. The van der Waals surface area contributed by atoms with E-state index in [-0.39, 0.29) is 17.7 Å². The van der Waals surface area contributed by atoms with Gasteiger partial charge in [-0.25, -0.2) is 5.01 Å². The third-order valence-corrected chi connectivity index (χ3v) is 8.06. The van der Waals surface area contributed by atoms with Crippen LogP contribution in [-0.4, -0.2) is 37.1 Å². The minimum absolute atomic E-state index is 0.0314. The van der Waals surface area contributed by atoms with E-state index in [1.807, 2.05) is 46.5 Å². The normalized spacial score (nSPS) is 15.9. The fraction of sp³-hybridized carbons (Fsp3) is 0.217. The Morgan fingerprint density at radius 3 is 2.56 bits per heavy atom. The van der Waals surface area contributed by atoms with Gasteiger partial charge in [-0.15, -0.1) is 32.9 Å². The molecule has 4 heterocycles. The number of thioether (sulfide) groups is 1. The molecule has 3 aromatic heterocycles. The molecule has 162 valence electrons. The van der Waals surface area contributed by atoms with Gasteiger partial charge >= 0.3 is 0 Å². The van der Waals surface area contributed by atoms with Crippen molar-refractivity contribution in [1.82, 2.24) is 19.8 Å². The molecule has 1 amide bonds. The van der Waals surface area contributed by atoms with E-state index in [1.54, 1.807) is 27.7 Å². The fourth-order valence-electron chi connectivity index (χ4n) is 3.65. The van der Waals surface area contributed by atoms with Gasteiger partial charge in [-0.05, 0) is 48.9 Å². The van der Waals surface area contributed by atoms with Crippen molar-refractivity contribution < 1.29 is 4.79 Å². The summed E-state index contributed by atoms with van der Waals surface area (Å²) in [5.41, 5.74) is 3.15. The lowest BCUT2D eigenvalue weighted by atomic mass is 10.1. The molecule has 5 rings (SSSR count). The number of hydrogen-bond donors (Lipinski definition) is 0. The first-order valence-electron chi connectivity index (χ1n) is 10.2. The average molecular weight is 480 g/mol. The molecule has 0 saturated heterocycles. The molecule has 0 bridgehead atoms. The summed E-state index contributed by atoms with van der Waals surface area (Å²) in [6.07, 6.45) is 0.732. The van der Waals surface area contributed by atoms with Crippen LogP contribution in [-0.2, 0) is 4.79 Å². The van der Waals surface area contributed by atoms with Crippen molar-refractivity contribution in [3.05, 3.63) is 80.4 Å². The SMILES string of the molecule is Cc1ccc(-n2c(C)nnc2SCC(=O)N2N=C(c3cccs3)CC2c2cccs2)cc1. The predicted octanol–water partition coefficient (Wildman–Crippen LogP) is 5.48. The average Bonchev–Trinajstić information content (AvgIpc) is 3.59. The molecule has 0 spiro atoms. The zero-order chi connectivity index (χ0) is 22.1. The molecular weight excluding hydrogens is 458 g/mol. The van der Waals surface area contributed by atoms with Crippen LogP contribution in [0, 0.1) is 13.8 Å². The molecule has 0 saturated carbocycles. The van der Waals surface area contributed by atoms with Crippen LogP contribution in [0.5, 0.6) is 0 Å². The molecule has 1 aliphatic heterocycles. The summed E-state index contributed by atoms with van der Waals surface area (Å²) in [5.74, 6) is 1.00. The molecule has 0 N–H and O–H groups in total. The molecule has 0 fully saturated rings. The topological polar surface area (TPSA) is 63.4 Å². The van der Waals surface area contributed by atoms with Gasteiger partial charge in [-0.1, -0.05) is 41.6 Å². The van der Waals surface area contributed by atoms with Crippen molar-refractivity contribution in [3.63, 3.8) is 0 Å². The van der Waals surface area contributed by atoms with E-state index >= 15 is 0 Å². The van der Waals surface area contributed by atoms with Crippen molar-refractivity contribution in [3.8, 4) is 5.69 Å². The molecule has 0 radical (unpaired) electrons. The van der Waals surface area contributed by atoms with Gasteiger partial charge in [0, 0.05) is 17.0 Å². The van der Waals surface area contributed by atoms with Crippen LogP contribution in [0.4, 0.5) is 0 Å². The maximum Gasteiger partial charge on any atom is 0.253 e. The molecular formula is C23H21N5OS3. The maximum atomic E-state index is 13.3. The third-order valence-electron chi connectivity index (χ3n) is 5.26. The second-order valence-electron chi connectivity index (χ2n) is 7.49. The molecule has 1 aromatic carbocycles. The number of carbonyl (C=O) groups is 1. The number of nitrogens with zero attached hydrogens (tertiary/aromatic N) is 5. The van der Waals surface area contributed by atoms with Crippen LogP contribution >= 0.6 is 34.4 Å². The van der Waals surface area contributed by atoms with Gasteiger partial charge in [0.1, 0.15) is 5.82 Å². The number of benzene rings is 1. The molecule has 9 heteroatoms. The van der Waals surface area contributed by atoms with Crippen molar-refractivity contribution in [1.29, 1.82) is 0 Å². The van der Waals surface area contributed by atoms with Gasteiger partial charge in [-0.3, -0.25) is 9.36 Å². The highest BCUT2D eigenvalue weighted by Crippen LogP contribution is 2.36. The van der Waals surface area contributed by atoms with E-state index in [2.05, 4.69) is 41.4 Å². The summed E-state index contributed by atoms with van der Waals surface area (Å²) in [7, 11) is 0. The largest absolute Gasteiger partial charge is 0.274 e. The Balaban J connectivity index is 1.37. The van der Waals surface area contributed by atoms with Crippen LogP contribution in [0.15, 0.2) is 69.5 Å². The van der Waals surface area contributed by atoms with E-state index in [4.69, 9.17) is 5.10 Å². The Bertz CT molecular complexity index is 1240. The number of aryl methyl sites for hydroxylation is 2. The summed E-state index contributed by atoms with van der Waals surface area (Å²) in [5, 5.41) is 19.7. The molecule has 1 aliphatic rings. The second kappa shape index (κ2) is 9.01. The van der Waals surface area contributed by atoms with Crippen molar-refractivity contribution >= 4 is 46.1 Å². The molecule has 6 nitrogen and oxygen atoms in total. The number of rotatable bonds is 6. The maximum absolute atomic E-state index is 13.3. The number of hydrazone groups is 1. The molecule has 1 unspecified atom stereocenters. The first-order valence-corrected chi connectivity index (χ1v) is 12.9. The van der Waals surface area contributed by atoms with Crippen LogP contribution in [0.25, 0.3) is 5.69 Å². The molecule has 1 atom stereocenters. The van der Waals surface area contributed by atoms with Crippen molar-refractivity contribution in [2.75, 3.05) is 5.75 Å². The number of amides is 1. The highest BCUT2D eigenvalue weighted by atomic mass is 32.2. The van der Waals surface area contributed by atoms with Crippen LogP contribution < -0.4 is 0 Å². The highest BCUT2D eigenvalue weighted by Gasteiger charge is 2.34. The lowest BCUT2D eigenvalue weighted by Crippen LogP contribution is -2.28. The third kappa shape index (κ3) is 4.15. The zero-order valence-electron chi connectivity index (χ0n) is 17.6. The Labute approximate surface area is 198 Å². The van der Waals surface area contributed by atoms with Gasteiger partial charge < -0.3 is 0 Å². The summed E-state index contributed by atoms with van der Waals surface area (Å²) in [6.45, 7) is 3.98. The van der Waals surface area contributed by atoms with Gasteiger partial charge in [0.05, 0.1) is 22.4 Å². The fourth-order valence-corrected chi connectivity index (χ4v) is 6.04. The molecule has 0 aliphatic carbocycles. The summed E-state index contributed by atoms with van der Waals surface area (Å²) in [4.78, 5) is 15.6. The molecule has 32 heavy (non-hydrogen) atoms. The molecule has 4 aromatic rings. The van der Waals surface area contributed by atoms with Gasteiger partial charge in [0.15, 0.2) is 5.16 Å². The number of thiophene rings is 2. The first-order chi connectivity index (χ1) is 15.6. The quantitative estimate of drug-likeness (QED) is 0.344. The van der Waals surface area contributed by atoms with Crippen molar-refractivity contribution in [2.24, 2.45) is 5.10 Å². The second-order valence-corrected chi connectivity index (χ2v) is 10.4.